The van der Waals surface area contributed by atoms with E-state index < -0.39 is 0 Å². The van der Waals surface area contributed by atoms with Gasteiger partial charge in [0.05, 0.1) is 0 Å². The van der Waals surface area contributed by atoms with Crippen molar-refractivity contribution in [2.75, 3.05) is 20.6 Å². The summed E-state index contributed by atoms with van der Waals surface area (Å²) in [6.45, 7) is 14.0. The minimum Gasteiger partial charge on any atom is -0.507 e. The number of rotatable bonds is 3. The Balaban J connectivity index is 0.00000400. The minimum atomic E-state index is -0.0434. The SMILES string of the molecule is CN(C)CCc1cc(C(C)(C)C)c(O)c(C(C)(C)C)c1.Cl. The molecule has 1 rings (SSSR count). The van der Waals surface area contributed by atoms with Crippen molar-refractivity contribution in [3.8, 4) is 5.75 Å². The van der Waals surface area contributed by atoms with Gasteiger partial charge in [0.2, 0.25) is 0 Å². The van der Waals surface area contributed by atoms with E-state index in [1.54, 1.807) is 0 Å². The van der Waals surface area contributed by atoms with E-state index in [1.165, 1.54) is 5.56 Å². The van der Waals surface area contributed by atoms with Crippen LogP contribution in [0.3, 0.4) is 0 Å². The van der Waals surface area contributed by atoms with Crippen LogP contribution in [0.2, 0.25) is 0 Å². The van der Waals surface area contributed by atoms with E-state index in [0.717, 1.165) is 24.1 Å². The first-order valence-electron chi connectivity index (χ1n) is 7.44. The van der Waals surface area contributed by atoms with Crippen LogP contribution in [0, 0.1) is 0 Å². The molecule has 122 valence electrons. The van der Waals surface area contributed by atoms with Gasteiger partial charge in [0.1, 0.15) is 5.75 Å². The molecule has 0 saturated carbocycles. The molecule has 0 spiro atoms. The van der Waals surface area contributed by atoms with Crippen LogP contribution < -0.4 is 0 Å². The summed E-state index contributed by atoms with van der Waals surface area (Å²) in [5, 5.41) is 10.7. The van der Waals surface area contributed by atoms with Gasteiger partial charge >= 0.3 is 0 Å². The molecule has 0 amide bonds. The third-order valence-corrected chi connectivity index (χ3v) is 3.63. The molecule has 2 nitrogen and oxygen atoms in total. The van der Waals surface area contributed by atoms with Crippen LogP contribution in [0.5, 0.6) is 5.75 Å². The lowest BCUT2D eigenvalue weighted by Crippen LogP contribution is -2.19. The van der Waals surface area contributed by atoms with Gasteiger partial charge in [-0.1, -0.05) is 53.7 Å². The predicted molar refractivity (Wildman–Crippen MR) is 95.0 cm³/mol. The first-order valence-corrected chi connectivity index (χ1v) is 7.44. The molecule has 0 saturated heterocycles. The molecule has 0 aliphatic rings. The highest BCUT2D eigenvalue weighted by Gasteiger charge is 2.26. The average molecular weight is 314 g/mol. The van der Waals surface area contributed by atoms with E-state index in [1.807, 2.05) is 0 Å². The molecule has 21 heavy (non-hydrogen) atoms. The fourth-order valence-electron chi connectivity index (χ4n) is 2.33. The van der Waals surface area contributed by atoms with Crippen LogP contribution in [0.1, 0.15) is 58.2 Å². The van der Waals surface area contributed by atoms with Crippen molar-refractivity contribution in [2.45, 2.75) is 58.8 Å². The van der Waals surface area contributed by atoms with Crippen molar-refractivity contribution in [2.24, 2.45) is 0 Å². The highest BCUT2D eigenvalue weighted by molar-refractivity contribution is 5.85. The monoisotopic (exact) mass is 313 g/mol. The first kappa shape index (κ1) is 20.3. The number of phenolic OH excluding ortho intramolecular Hbond substituents is 1. The van der Waals surface area contributed by atoms with Gasteiger partial charge in [-0.05, 0) is 48.0 Å². The predicted octanol–water partition coefficient (Wildman–Crippen LogP) is 4.51. The van der Waals surface area contributed by atoms with Crippen molar-refractivity contribution in [1.29, 1.82) is 0 Å². The second kappa shape index (κ2) is 7.02. The van der Waals surface area contributed by atoms with E-state index in [4.69, 9.17) is 0 Å². The van der Waals surface area contributed by atoms with Crippen LogP contribution >= 0.6 is 12.4 Å². The summed E-state index contributed by atoms with van der Waals surface area (Å²) >= 11 is 0. The van der Waals surface area contributed by atoms with E-state index in [9.17, 15) is 5.11 Å². The van der Waals surface area contributed by atoms with Crippen molar-refractivity contribution in [3.05, 3.63) is 28.8 Å². The minimum absolute atomic E-state index is 0. The number of hydrogen-bond acceptors (Lipinski definition) is 2. The van der Waals surface area contributed by atoms with Crippen molar-refractivity contribution < 1.29 is 5.11 Å². The first-order chi connectivity index (χ1) is 8.93. The number of hydrogen-bond donors (Lipinski definition) is 1. The summed E-state index contributed by atoms with van der Waals surface area (Å²) in [6, 6.07) is 4.35. The largest absolute Gasteiger partial charge is 0.507 e. The van der Waals surface area contributed by atoms with Gasteiger partial charge in [-0.15, -0.1) is 12.4 Å². The number of aromatic hydroxyl groups is 1. The Labute approximate surface area is 137 Å². The number of halogens is 1. The molecule has 0 aliphatic carbocycles. The molecule has 0 atom stereocenters. The highest BCUT2D eigenvalue weighted by atomic mass is 35.5. The van der Waals surface area contributed by atoms with Gasteiger partial charge in [-0.2, -0.15) is 0 Å². The maximum atomic E-state index is 10.7. The summed E-state index contributed by atoms with van der Waals surface area (Å²) in [6.07, 6.45) is 1.01. The molecule has 0 radical (unpaired) electrons. The van der Waals surface area contributed by atoms with Gasteiger partial charge in [-0.25, -0.2) is 0 Å². The van der Waals surface area contributed by atoms with Crippen LogP contribution in [0.15, 0.2) is 12.1 Å². The molecule has 0 aliphatic heterocycles. The third-order valence-electron chi connectivity index (χ3n) is 3.63. The Bertz CT molecular complexity index is 432. The third kappa shape index (κ3) is 5.52. The van der Waals surface area contributed by atoms with E-state index in [2.05, 4.69) is 72.7 Å². The molecular weight excluding hydrogens is 282 g/mol. The molecule has 0 unspecified atom stereocenters. The molecule has 0 heterocycles. The summed E-state index contributed by atoms with van der Waals surface area (Å²) in [4.78, 5) is 2.19. The van der Waals surface area contributed by atoms with Crippen molar-refractivity contribution in [1.82, 2.24) is 4.90 Å². The van der Waals surface area contributed by atoms with Gasteiger partial charge < -0.3 is 10.0 Å². The molecule has 0 fully saturated rings. The van der Waals surface area contributed by atoms with Gasteiger partial charge in [0.25, 0.3) is 0 Å². The quantitative estimate of drug-likeness (QED) is 0.887. The lowest BCUT2D eigenvalue weighted by Gasteiger charge is -2.28. The molecule has 0 bridgehead atoms. The second-order valence-corrected chi connectivity index (χ2v) is 8.09. The van der Waals surface area contributed by atoms with E-state index >= 15 is 0 Å². The van der Waals surface area contributed by atoms with E-state index in [0.29, 0.717) is 5.75 Å². The Morgan fingerprint density at radius 1 is 0.905 bits per heavy atom. The Morgan fingerprint density at radius 3 is 1.57 bits per heavy atom. The number of nitrogens with zero attached hydrogens (tertiary/aromatic N) is 1. The van der Waals surface area contributed by atoms with Gasteiger partial charge in [-0.3, -0.25) is 0 Å². The fourth-order valence-corrected chi connectivity index (χ4v) is 2.33. The average Bonchev–Trinajstić information content (AvgIpc) is 2.24. The molecule has 3 heteroatoms. The summed E-state index contributed by atoms with van der Waals surface area (Å²) < 4.78 is 0. The van der Waals surface area contributed by atoms with E-state index in [-0.39, 0.29) is 23.2 Å². The Kier molecular flexibility index (Phi) is 6.78. The lowest BCUT2D eigenvalue weighted by atomic mass is 9.78. The number of benzene rings is 1. The molecule has 1 aromatic carbocycles. The maximum Gasteiger partial charge on any atom is 0.123 e. The molecule has 1 N–H and O–H groups in total. The van der Waals surface area contributed by atoms with Crippen molar-refractivity contribution >= 4 is 12.4 Å². The zero-order valence-corrected chi connectivity index (χ0v) is 15.7. The number of likely N-dealkylation sites (N-methyl/N-ethyl adjacent to an activating group) is 1. The van der Waals surface area contributed by atoms with Gasteiger partial charge in [0.15, 0.2) is 0 Å². The summed E-state index contributed by atoms with van der Waals surface area (Å²) in [5.74, 6) is 0.471. The van der Waals surface area contributed by atoms with Crippen LogP contribution in [0.4, 0.5) is 0 Å². The number of phenols is 1. The lowest BCUT2D eigenvalue weighted by molar-refractivity contribution is 0.409. The topological polar surface area (TPSA) is 23.5 Å². The second-order valence-electron chi connectivity index (χ2n) is 8.09. The van der Waals surface area contributed by atoms with Crippen LogP contribution in [0.25, 0.3) is 0 Å². The molecule has 0 aromatic heterocycles. The van der Waals surface area contributed by atoms with Crippen LogP contribution in [-0.4, -0.2) is 30.6 Å². The zero-order chi connectivity index (χ0) is 15.7. The van der Waals surface area contributed by atoms with Crippen LogP contribution in [-0.2, 0) is 17.3 Å². The highest BCUT2D eigenvalue weighted by Crippen LogP contribution is 2.39. The smallest absolute Gasteiger partial charge is 0.123 e. The Morgan fingerprint density at radius 2 is 1.29 bits per heavy atom. The molecule has 1 aromatic rings. The molecular formula is C18H32ClNO. The Hall–Kier alpha value is -0.730. The summed E-state index contributed by atoms with van der Waals surface area (Å²) in [7, 11) is 4.19. The maximum absolute atomic E-state index is 10.7. The zero-order valence-electron chi connectivity index (χ0n) is 14.9. The fraction of sp³-hybridized carbons (Fsp3) is 0.667. The summed E-state index contributed by atoms with van der Waals surface area (Å²) in [5.41, 5.74) is 3.33. The van der Waals surface area contributed by atoms with Gasteiger partial charge in [0, 0.05) is 6.54 Å². The standard InChI is InChI=1S/C18H31NO.ClH/c1-17(2,3)14-11-13(9-10-19(7)8)12-15(16(14)20)18(4,5)6;/h11-12,20H,9-10H2,1-8H3;1H. The normalized spacial score (nSPS) is 12.4. The van der Waals surface area contributed by atoms with Crippen molar-refractivity contribution in [3.63, 3.8) is 0 Å².